The van der Waals surface area contributed by atoms with Gasteiger partial charge in [-0.2, -0.15) is 13.2 Å². The van der Waals surface area contributed by atoms with Gasteiger partial charge in [-0.3, -0.25) is 4.79 Å². The zero-order valence-corrected chi connectivity index (χ0v) is 19.2. The van der Waals surface area contributed by atoms with Crippen LogP contribution in [0.15, 0.2) is 0 Å². The van der Waals surface area contributed by atoms with Gasteiger partial charge in [0.25, 0.3) is 0 Å². The summed E-state index contributed by atoms with van der Waals surface area (Å²) >= 11 is 18.6. The number of thiophene rings is 2. The van der Waals surface area contributed by atoms with Crippen LogP contribution < -0.4 is 0 Å². The number of methoxy groups -OCH3 is 1. The molecule has 2 heterocycles. The van der Waals surface area contributed by atoms with Crippen molar-refractivity contribution in [2.24, 2.45) is 0 Å². The third kappa shape index (κ3) is 4.00. The second-order valence-electron chi connectivity index (χ2n) is 6.71. The summed E-state index contributed by atoms with van der Waals surface area (Å²) in [6.45, 7) is 0. The van der Waals surface area contributed by atoms with Gasteiger partial charge < -0.3 is 9.84 Å². The maximum Gasteiger partial charge on any atom is 0.422 e. The van der Waals surface area contributed by atoms with Crippen LogP contribution in [0.2, 0.25) is 14.4 Å². The lowest BCUT2D eigenvalue weighted by Gasteiger charge is -2.29. The first-order valence-corrected chi connectivity index (χ1v) is 11.4. The Balaban J connectivity index is 2.07. The summed E-state index contributed by atoms with van der Waals surface area (Å²) in [6, 6.07) is 0. The first-order valence-electron chi connectivity index (χ1n) is 8.61. The highest BCUT2D eigenvalue weighted by Crippen LogP contribution is 2.52. The van der Waals surface area contributed by atoms with E-state index in [1.807, 2.05) is 0 Å². The van der Waals surface area contributed by atoms with Gasteiger partial charge in [0.05, 0.1) is 33.3 Å². The molecule has 1 aliphatic carbocycles. The lowest BCUT2D eigenvalue weighted by atomic mass is 9.88. The number of rotatable bonds is 5. The number of ether oxygens (including phenoxy) is 1. The number of hydrogen-bond acceptors (Lipinski definition) is 6. The molecule has 0 fully saturated rings. The van der Waals surface area contributed by atoms with E-state index in [1.54, 1.807) is 0 Å². The van der Waals surface area contributed by atoms with Crippen molar-refractivity contribution in [3.05, 3.63) is 40.1 Å². The Labute approximate surface area is 192 Å². The average molecular weight is 522 g/mol. The Hall–Kier alpha value is -0.840. The maximum absolute atomic E-state index is 13.9. The predicted octanol–water partition coefficient (Wildman–Crippen LogP) is 6.46. The van der Waals surface area contributed by atoms with Crippen molar-refractivity contribution in [1.82, 2.24) is 0 Å². The maximum atomic E-state index is 13.9. The van der Waals surface area contributed by atoms with Crippen LogP contribution in [0.25, 0.3) is 0 Å². The van der Waals surface area contributed by atoms with Crippen LogP contribution in [0.5, 0.6) is 0 Å². The molecular weight excluding hydrogens is 508 g/mol. The quantitative estimate of drug-likeness (QED) is 0.362. The number of carbonyl (C=O) groups is 2. The minimum Gasteiger partial charge on any atom is -0.465 e. The molecule has 164 valence electrons. The molecule has 0 saturated heterocycles. The van der Waals surface area contributed by atoms with Crippen LogP contribution in [0.3, 0.4) is 0 Å². The van der Waals surface area contributed by atoms with Gasteiger partial charge in [0, 0.05) is 0 Å². The molecule has 1 unspecified atom stereocenters. The third-order valence-corrected chi connectivity index (χ3v) is 8.88. The molecule has 1 aliphatic rings. The predicted molar refractivity (Wildman–Crippen MR) is 111 cm³/mol. The van der Waals surface area contributed by atoms with E-state index < -0.39 is 39.9 Å². The fraction of sp³-hybridized carbons (Fsp3) is 0.444. The molecule has 0 aliphatic heterocycles. The fourth-order valence-electron chi connectivity index (χ4n) is 3.37. The number of Topliss-reactive ketones (excluding diaryl/α,β-unsaturated/α-hetero) is 1. The molecule has 0 aromatic carbocycles. The molecular formula is C18H14Cl3F3O4S2. The molecule has 2 aromatic heterocycles. The van der Waals surface area contributed by atoms with E-state index in [1.165, 1.54) is 7.11 Å². The summed E-state index contributed by atoms with van der Waals surface area (Å²) in [5.74, 6) is -1.60. The van der Waals surface area contributed by atoms with Gasteiger partial charge in [0.15, 0.2) is 5.78 Å². The summed E-state index contributed by atoms with van der Waals surface area (Å²) in [5, 5.41) is 9.73. The van der Waals surface area contributed by atoms with Gasteiger partial charge in [-0.1, -0.05) is 34.8 Å². The van der Waals surface area contributed by atoms with E-state index in [0.29, 0.717) is 35.3 Å². The van der Waals surface area contributed by atoms with E-state index in [4.69, 9.17) is 39.5 Å². The van der Waals surface area contributed by atoms with Gasteiger partial charge in [0.1, 0.15) is 9.21 Å². The summed E-state index contributed by atoms with van der Waals surface area (Å²) in [7, 11) is 1.19. The van der Waals surface area contributed by atoms with Crippen molar-refractivity contribution in [3.63, 3.8) is 0 Å². The molecule has 30 heavy (non-hydrogen) atoms. The van der Waals surface area contributed by atoms with E-state index in [2.05, 4.69) is 0 Å². The largest absolute Gasteiger partial charge is 0.465 e. The highest BCUT2D eigenvalue weighted by Gasteiger charge is 2.58. The van der Waals surface area contributed by atoms with Crippen LogP contribution >= 0.6 is 57.5 Å². The van der Waals surface area contributed by atoms with Gasteiger partial charge in [0.2, 0.25) is 5.60 Å². The van der Waals surface area contributed by atoms with E-state index in [0.717, 1.165) is 24.2 Å². The second kappa shape index (κ2) is 8.60. The minimum atomic E-state index is -5.23. The van der Waals surface area contributed by atoms with Crippen molar-refractivity contribution >= 4 is 69.2 Å². The lowest BCUT2D eigenvalue weighted by molar-refractivity contribution is -0.263. The zero-order chi connectivity index (χ0) is 22.4. The molecule has 4 nitrogen and oxygen atoms in total. The Morgan fingerprint density at radius 1 is 1.03 bits per heavy atom. The lowest BCUT2D eigenvalue weighted by Crippen LogP contribution is -2.43. The number of esters is 1. The van der Waals surface area contributed by atoms with Gasteiger partial charge in [-0.15, -0.1) is 22.7 Å². The fourth-order valence-corrected chi connectivity index (χ4v) is 6.60. The molecule has 1 atom stereocenters. The van der Waals surface area contributed by atoms with Crippen LogP contribution in [0.1, 0.15) is 54.6 Å². The van der Waals surface area contributed by atoms with Crippen molar-refractivity contribution in [3.8, 4) is 0 Å². The van der Waals surface area contributed by atoms with Crippen molar-refractivity contribution in [2.45, 2.75) is 43.9 Å². The highest BCUT2D eigenvalue weighted by molar-refractivity contribution is 7.18. The number of fused-ring (bicyclic) bond motifs is 1. The van der Waals surface area contributed by atoms with Crippen LogP contribution in [0.4, 0.5) is 13.2 Å². The molecule has 0 bridgehead atoms. The first-order chi connectivity index (χ1) is 13.9. The average Bonchev–Trinajstić information content (AvgIpc) is 3.20. The van der Waals surface area contributed by atoms with Crippen LogP contribution in [-0.2, 0) is 23.2 Å². The Morgan fingerprint density at radius 3 is 2.07 bits per heavy atom. The summed E-state index contributed by atoms with van der Waals surface area (Å²) < 4.78 is 46.2. The summed E-state index contributed by atoms with van der Waals surface area (Å²) in [6.07, 6.45) is -4.06. The minimum absolute atomic E-state index is 0.0117. The van der Waals surface area contributed by atoms with Crippen molar-refractivity contribution < 1.29 is 32.6 Å². The summed E-state index contributed by atoms with van der Waals surface area (Å²) in [5.41, 5.74) is -2.42. The van der Waals surface area contributed by atoms with E-state index in [-0.39, 0.29) is 19.1 Å². The highest BCUT2D eigenvalue weighted by atomic mass is 35.5. The van der Waals surface area contributed by atoms with E-state index >= 15 is 0 Å². The number of hydrogen-bond donors (Lipinski definition) is 1. The molecule has 0 saturated carbocycles. The van der Waals surface area contributed by atoms with Gasteiger partial charge >= 0.3 is 12.1 Å². The first kappa shape index (κ1) is 23.8. The SMILES string of the molecule is COC(=O)c1sc(C(=O)CC(O)(c2sc(Cl)c(Cl)c2Cl)C(F)(F)F)c2c1CCCC2. The molecule has 3 rings (SSSR count). The molecule has 0 radical (unpaired) electrons. The second-order valence-corrected chi connectivity index (χ2v) is 10.1. The molecule has 0 amide bonds. The Bertz CT molecular complexity index is 1020. The van der Waals surface area contributed by atoms with Crippen molar-refractivity contribution in [2.75, 3.05) is 7.11 Å². The van der Waals surface area contributed by atoms with Gasteiger partial charge in [-0.05, 0) is 36.8 Å². The number of ketones is 1. The molecule has 2 aromatic rings. The number of aliphatic hydroxyl groups is 1. The summed E-state index contributed by atoms with van der Waals surface area (Å²) in [4.78, 5) is 24.5. The van der Waals surface area contributed by atoms with Crippen LogP contribution in [0, 0.1) is 0 Å². The van der Waals surface area contributed by atoms with Gasteiger partial charge in [-0.25, -0.2) is 4.79 Å². The van der Waals surface area contributed by atoms with E-state index in [9.17, 15) is 27.9 Å². The molecule has 12 heteroatoms. The zero-order valence-electron chi connectivity index (χ0n) is 15.3. The number of halogens is 6. The molecule has 0 spiro atoms. The Kier molecular flexibility index (Phi) is 6.82. The monoisotopic (exact) mass is 520 g/mol. The van der Waals surface area contributed by atoms with Crippen LogP contribution in [-0.4, -0.2) is 30.1 Å². The number of carbonyl (C=O) groups excluding carboxylic acids is 2. The normalized spacial score (nSPS) is 16.1. The van der Waals surface area contributed by atoms with Crippen molar-refractivity contribution in [1.29, 1.82) is 0 Å². The topological polar surface area (TPSA) is 63.6 Å². The third-order valence-electron chi connectivity index (χ3n) is 4.86. The molecule has 1 N–H and O–H groups in total. The smallest absolute Gasteiger partial charge is 0.422 e. The standard InChI is InChI=1S/C18H14Cl3F3O4S2/c1-28-16(26)13-8-5-3-2-4-7(8)12(29-13)9(25)6-17(27,18(22,23)24)14-10(19)11(20)15(21)30-14/h27H,2-6H2,1H3. The Morgan fingerprint density at radius 2 is 1.60 bits per heavy atom. The number of alkyl halides is 3.